The third kappa shape index (κ3) is 3.69. The monoisotopic (exact) mass is 322 g/mol. The molecule has 1 amide bonds. The van der Waals surface area contributed by atoms with Gasteiger partial charge in [-0.25, -0.2) is 4.57 Å². The molecular formula is C10H15N2O8P. The highest BCUT2D eigenvalue weighted by molar-refractivity contribution is 7.46. The fraction of sp³-hybridized carbons (Fsp3) is 0.500. The van der Waals surface area contributed by atoms with Crippen LogP contribution in [0.1, 0.15) is 0 Å². The minimum absolute atomic E-state index is 0.135. The van der Waals surface area contributed by atoms with Crippen LogP contribution in [0.2, 0.25) is 0 Å². The largest absolute Gasteiger partial charge is 0.469 e. The summed E-state index contributed by atoms with van der Waals surface area (Å²) in [6.45, 7) is 2.97. The van der Waals surface area contributed by atoms with Crippen molar-refractivity contribution < 1.29 is 38.6 Å². The number of phosphoric acid groups is 1. The first-order valence-electron chi connectivity index (χ1n) is 5.87. The van der Waals surface area contributed by atoms with Crippen molar-refractivity contribution in [2.75, 3.05) is 6.61 Å². The number of phosphoric ester groups is 1. The minimum Gasteiger partial charge on any atom is -0.387 e. The lowest BCUT2D eigenvalue weighted by Gasteiger charge is -2.32. The van der Waals surface area contributed by atoms with Gasteiger partial charge in [-0.15, -0.1) is 0 Å². The first-order valence-corrected chi connectivity index (χ1v) is 7.40. The van der Waals surface area contributed by atoms with Crippen LogP contribution in [0.25, 0.3) is 0 Å². The van der Waals surface area contributed by atoms with Gasteiger partial charge in [-0.1, -0.05) is 6.58 Å². The van der Waals surface area contributed by atoms with E-state index >= 15 is 0 Å². The van der Waals surface area contributed by atoms with E-state index in [-0.39, 0.29) is 5.82 Å². The second-order valence-corrected chi connectivity index (χ2v) is 5.73. The number of carbonyl (C=O) groups is 1. The Morgan fingerprint density at radius 1 is 1.43 bits per heavy atom. The number of hydrogen-bond donors (Lipinski definition) is 5. The van der Waals surface area contributed by atoms with Crippen LogP contribution in [0.15, 0.2) is 24.7 Å². The average molecular weight is 322 g/mol. The van der Waals surface area contributed by atoms with Crippen molar-refractivity contribution in [3.63, 3.8) is 0 Å². The Morgan fingerprint density at radius 3 is 2.67 bits per heavy atom. The molecule has 0 saturated carbocycles. The Hall–Kier alpha value is -1.26. The van der Waals surface area contributed by atoms with Crippen LogP contribution in [-0.2, 0) is 18.6 Å². The molecule has 1 fully saturated rings. The lowest BCUT2D eigenvalue weighted by Crippen LogP contribution is -2.46. The van der Waals surface area contributed by atoms with Crippen molar-refractivity contribution in [2.45, 2.75) is 24.5 Å². The zero-order valence-electron chi connectivity index (χ0n) is 10.7. The van der Waals surface area contributed by atoms with Gasteiger partial charge in [0.15, 0.2) is 6.23 Å². The highest BCUT2D eigenvalue weighted by Crippen LogP contribution is 2.37. The van der Waals surface area contributed by atoms with Gasteiger partial charge in [0, 0.05) is 12.3 Å². The van der Waals surface area contributed by atoms with E-state index in [1.54, 1.807) is 0 Å². The molecule has 0 spiro atoms. The van der Waals surface area contributed by atoms with E-state index < -0.39 is 44.9 Å². The maximum Gasteiger partial charge on any atom is 0.469 e. The molecule has 0 bridgehead atoms. The Labute approximate surface area is 119 Å². The molecule has 118 valence electrons. The summed E-state index contributed by atoms with van der Waals surface area (Å²) in [5.74, 6) is -0.263. The van der Waals surface area contributed by atoms with E-state index in [0.717, 1.165) is 0 Å². The van der Waals surface area contributed by atoms with Crippen molar-refractivity contribution in [1.82, 2.24) is 10.2 Å². The molecule has 0 aliphatic carbocycles. The number of rotatable bonds is 4. The summed E-state index contributed by atoms with van der Waals surface area (Å²) in [6, 6.07) is 0. The molecule has 2 aliphatic rings. The molecule has 5 N–H and O–H groups in total. The molecule has 4 atom stereocenters. The number of ether oxygens (including phenoxy) is 1. The lowest BCUT2D eigenvalue weighted by molar-refractivity contribution is -0.118. The maximum absolute atomic E-state index is 11.1. The molecule has 0 aromatic carbocycles. The van der Waals surface area contributed by atoms with Crippen molar-refractivity contribution >= 4 is 13.7 Å². The van der Waals surface area contributed by atoms with Gasteiger partial charge in [-0.3, -0.25) is 9.32 Å². The van der Waals surface area contributed by atoms with Crippen LogP contribution in [0.5, 0.6) is 0 Å². The van der Waals surface area contributed by atoms with Crippen LogP contribution in [0, 0.1) is 0 Å². The number of aliphatic hydroxyl groups excluding tert-OH is 2. The molecule has 0 aromatic heterocycles. The number of hydrogen-bond acceptors (Lipinski definition) is 7. The number of carbonyl (C=O) groups excluding carboxylic acids is 1. The van der Waals surface area contributed by atoms with Crippen molar-refractivity contribution in [3.05, 3.63) is 24.7 Å². The minimum atomic E-state index is -4.71. The Bertz CT molecular complexity index is 517. The number of aliphatic hydroxyl groups is 2. The van der Waals surface area contributed by atoms with Crippen LogP contribution in [0.4, 0.5) is 0 Å². The molecule has 1 unspecified atom stereocenters. The van der Waals surface area contributed by atoms with Gasteiger partial charge in [0.2, 0.25) is 0 Å². The summed E-state index contributed by atoms with van der Waals surface area (Å²) in [5.41, 5.74) is 0. The highest BCUT2D eigenvalue weighted by atomic mass is 31.2. The second-order valence-electron chi connectivity index (χ2n) is 4.49. The number of nitrogens with zero attached hydrogens (tertiary/aromatic N) is 1. The molecular weight excluding hydrogens is 307 g/mol. The molecule has 1 saturated heterocycles. The van der Waals surface area contributed by atoms with E-state index in [0.29, 0.717) is 0 Å². The fourth-order valence-corrected chi connectivity index (χ4v) is 2.33. The Balaban J connectivity index is 2.06. The highest BCUT2D eigenvalue weighted by Gasteiger charge is 2.46. The van der Waals surface area contributed by atoms with Gasteiger partial charge in [-0.05, 0) is 0 Å². The van der Waals surface area contributed by atoms with Crippen LogP contribution in [-0.4, -0.2) is 62.0 Å². The Kier molecular flexibility index (Phi) is 4.49. The van der Waals surface area contributed by atoms with Gasteiger partial charge in [0.1, 0.15) is 24.1 Å². The predicted octanol–water partition coefficient (Wildman–Crippen LogP) is -2.04. The van der Waals surface area contributed by atoms with Gasteiger partial charge in [0.05, 0.1) is 6.61 Å². The first-order chi connectivity index (χ1) is 9.69. The number of amides is 1. The Morgan fingerprint density at radius 2 is 2.10 bits per heavy atom. The van der Waals surface area contributed by atoms with E-state index in [2.05, 4.69) is 16.4 Å². The standard InChI is InChI=1S/C10H15N2O8P/c1-5-11-7(13)2-3-12(5)10-9(15)8(14)6(20-10)4-19-21(16,17)18/h2-3,6,8-10,14-15H,1,4H2,(H,11,13)(H2,16,17,18)/t6-,8-,9-,10?/m1/s1. The van der Waals surface area contributed by atoms with Crippen molar-refractivity contribution in [1.29, 1.82) is 0 Å². The van der Waals surface area contributed by atoms with E-state index in [4.69, 9.17) is 14.5 Å². The molecule has 2 aliphatic heterocycles. The summed E-state index contributed by atoms with van der Waals surface area (Å²) >= 11 is 0. The van der Waals surface area contributed by atoms with Gasteiger partial charge in [0.25, 0.3) is 5.91 Å². The quantitative estimate of drug-likeness (QED) is 0.369. The summed E-state index contributed by atoms with van der Waals surface area (Å²) < 4.78 is 20.2. The van der Waals surface area contributed by atoms with Crippen LogP contribution in [0.3, 0.4) is 0 Å². The van der Waals surface area contributed by atoms with E-state index in [1.165, 1.54) is 17.2 Å². The van der Waals surface area contributed by atoms with Crippen LogP contribution < -0.4 is 5.32 Å². The fourth-order valence-electron chi connectivity index (χ4n) is 1.99. The average Bonchev–Trinajstić information content (AvgIpc) is 2.64. The molecule has 2 heterocycles. The second kappa shape index (κ2) is 5.85. The summed E-state index contributed by atoms with van der Waals surface area (Å²) in [4.78, 5) is 29.6. The van der Waals surface area contributed by atoms with Gasteiger partial charge in [-0.2, -0.15) is 0 Å². The number of nitrogens with one attached hydrogen (secondary N) is 1. The van der Waals surface area contributed by atoms with E-state index in [1.807, 2.05) is 0 Å². The van der Waals surface area contributed by atoms with E-state index in [9.17, 15) is 19.6 Å². The molecule has 0 radical (unpaired) electrons. The molecule has 2 rings (SSSR count). The normalized spacial score (nSPS) is 33.4. The predicted molar refractivity (Wildman–Crippen MR) is 66.9 cm³/mol. The van der Waals surface area contributed by atoms with Gasteiger partial charge < -0.3 is 35.0 Å². The summed E-state index contributed by atoms with van der Waals surface area (Å²) in [7, 11) is -4.71. The molecule has 0 aromatic rings. The van der Waals surface area contributed by atoms with Gasteiger partial charge >= 0.3 is 7.82 Å². The zero-order chi connectivity index (χ0) is 15.8. The van der Waals surface area contributed by atoms with Crippen molar-refractivity contribution in [3.8, 4) is 0 Å². The topological polar surface area (TPSA) is 149 Å². The lowest BCUT2D eigenvalue weighted by atomic mass is 10.1. The summed E-state index contributed by atoms with van der Waals surface area (Å²) in [5, 5.41) is 22.1. The molecule has 10 nitrogen and oxygen atoms in total. The smallest absolute Gasteiger partial charge is 0.387 e. The summed E-state index contributed by atoms with van der Waals surface area (Å²) in [6.07, 6.45) is -2.52. The third-order valence-electron chi connectivity index (χ3n) is 2.98. The molecule has 21 heavy (non-hydrogen) atoms. The maximum atomic E-state index is 11.1. The third-order valence-corrected chi connectivity index (χ3v) is 3.47. The van der Waals surface area contributed by atoms with Crippen LogP contribution >= 0.6 is 7.82 Å². The SMILES string of the molecule is C=C1NC(=O)C=CN1C1O[C@H](COP(=O)(O)O)[C@@H](O)[C@H]1O. The first kappa shape index (κ1) is 16.1. The zero-order valence-corrected chi connectivity index (χ0v) is 11.6. The molecule has 11 heteroatoms. The van der Waals surface area contributed by atoms with Crippen molar-refractivity contribution in [2.24, 2.45) is 0 Å².